The third-order valence-corrected chi connectivity index (χ3v) is 5.57. The molecule has 31 heavy (non-hydrogen) atoms. The zero-order valence-electron chi connectivity index (χ0n) is 18.6. The second kappa shape index (κ2) is 12.2. The molecule has 0 fully saturated rings. The number of nitrogens with one attached hydrogen (secondary N) is 1. The van der Waals surface area contributed by atoms with Gasteiger partial charge in [-0.3, -0.25) is 4.91 Å². The van der Waals surface area contributed by atoms with Gasteiger partial charge in [-0.2, -0.15) is 0 Å². The summed E-state index contributed by atoms with van der Waals surface area (Å²) in [6.45, 7) is 10.0. The summed E-state index contributed by atoms with van der Waals surface area (Å²) in [6, 6.07) is 12.3. The first-order valence-corrected chi connectivity index (χ1v) is 10.9. The van der Waals surface area contributed by atoms with Crippen molar-refractivity contribution in [3.8, 4) is 5.75 Å². The minimum absolute atomic E-state index is 0.353. The Labute approximate surface area is 188 Å². The summed E-state index contributed by atoms with van der Waals surface area (Å²) in [5.74, 6) is 0.833. The number of hydrogen-bond donors (Lipinski definition) is 1. The Hall–Kier alpha value is -2.73. The third kappa shape index (κ3) is 6.62. The van der Waals surface area contributed by atoms with Crippen molar-refractivity contribution in [2.75, 3.05) is 32.1 Å². The van der Waals surface area contributed by atoms with Crippen LogP contribution in [0, 0.1) is 0 Å². The summed E-state index contributed by atoms with van der Waals surface area (Å²) >= 11 is 6.22. The van der Waals surface area contributed by atoms with E-state index in [1.54, 1.807) is 7.11 Å². The number of rotatable bonds is 9. The zero-order chi connectivity index (χ0) is 22.8. The van der Waals surface area contributed by atoms with Crippen LogP contribution >= 0.6 is 11.6 Å². The van der Waals surface area contributed by atoms with Crippen LogP contribution in [0.1, 0.15) is 33.6 Å². The van der Waals surface area contributed by atoms with Crippen LogP contribution in [0.2, 0.25) is 5.02 Å². The smallest absolute Gasteiger partial charge is 0.119 e. The van der Waals surface area contributed by atoms with E-state index in [0.29, 0.717) is 11.1 Å². The standard InChI is InChI=1S/C23H30ClN3O.N3/c1-5-27(6-2)13-7-8-16(3)25-23-19-11-9-17(24)14-22(19)26-21-12-10-18(28-4)15-20(21)23;1-3-2/h9-12,14-16H,5-8,13H2,1-4H3,(H,25,26);/q;-1. The van der Waals surface area contributed by atoms with Gasteiger partial charge in [-0.05, 0) is 75.8 Å². The Morgan fingerprint density at radius 3 is 2.45 bits per heavy atom. The van der Waals surface area contributed by atoms with Crippen LogP contribution in [-0.2, 0) is 0 Å². The largest absolute Gasteiger partial charge is 0.497 e. The van der Waals surface area contributed by atoms with Gasteiger partial charge in [0.2, 0.25) is 0 Å². The van der Waals surface area contributed by atoms with Crippen molar-refractivity contribution in [2.24, 2.45) is 0 Å². The van der Waals surface area contributed by atoms with E-state index in [1.807, 2.05) is 24.3 Å². The minimum Gasteiger partial charge on any atom is -0.497 e. The molecule has 1 N–H and O–H groups in total. The highest BCUT2D eigenvalue weighted by atomic mass is 35.5. The molecule has 1 unspecified atom stereocenters. The lowest BCUT2D eigenvalue weighted by Crippen LogP contribution is -2.25. The predicted molar refractivity (Wildman–Crippen MR) is 131 cm³/mol. The van der Waals surface area contributed by atoms with Gasteiger partial charge in [0.15, 0.2) is 0 Å². The van der Waals surface area contributed by atoms with Gasteiger partial charge >= 0.3 is 0 Å². The molecule has 8 heteroatoms. The van der Waals surface area contributed by atoms with Crippen molar-refractivity contribution in [1.29, 1.82) is 0 Å². The summed E-state index contributed by atoms with van der Waals surface area (Å²) in [6.07, 6.45) is 2.28. The number of benzene rings is 2. The average Bonchev–Trinajstić information content (AvgIpc) is 2.76. The van der Waals surface area contributed by atoms with E-state index in [9.17, 15) is 0 Å². The monoisotopic (exact) mass is 441 g/mol. The van der Waals surface area contributed by atoms with Crippen molar-refractivity contribution in [1.82, 2.24) is 9.88 Å². The molecule has 0 bridgehead atoms. The van der Waals surface area contributed by atoms with Crippen LogP contribution in [0.3, 0.4) is 0 Å². The molecule has 3 aromatic rings. The van der Waals surface area contributed by atoms with Gasteiger partial charge in [0.25, 0.3) is 0 Å². The molecule has 0 amide bonds. The van der Waals surface area contributed by atoms with E-state index in [2.05, 4.69) is 43.1 Å². The summed E-state index contributed by atoms with van der Waals surface area (Å²) in [4.78, 5) is 8.77. The Kier molecular flexibility index (Phi) is 9.66. The average molecular weight is 442 g/mol. The molecule has 0 spiro atoms. The van der Waals surface area contributed by atoms with Crippen LogP contribution in [0.15, 0.2) is 36.4 Å². The first-order chi connectivity index (χ1) is 15.0. The lowest BCUT2D eigenvalue weighted by Gasteiger charge is -2.22. The van der Waals surface area contributed by atoms with Gasteiger partial charge in [-0.25, -0.2) is 4.98 Å². The molecule has 0 saturated carbocycles. The first-order valence-electron chi connectivity index (χ1n) is 10.5. The van der Waals surface area contributed by atoms with E-state index in [1.165, 1.54) is 11.3 Å². The van der Waals surface area contributed by atoms with E-state index < -0.39 is 0 Å². The SMILES string of the molecule is CCN(CC)CCCC(C)Nc1c2ccc(Cl)cc2nc2ccc(OC)cc12.[N-]=[N+]=[N-]. The maximum atomic E-state index is 6.75. The fourth-order valence-corrected chi connectivity index (χ4v) is 3.82. The number of fused-ring (bicyclic) bond motifs is 2. The fourth-order valence-electron chi connectivity index (χ4n) is 3.66. The topological polar surface area (TPSA) is 96.1 Å². The molecule has 1 heterocycles. The summed E-state index contributed by atoms with van der Waals surface area (Å²) < 4.78 is 5.45. The molecule has 0 saturated heterocycles. The summed E-state index contributed by atoms with van der Waals surface area (Å²) in [7, 11) is 1.69. The molecular formula is C23H30ClN6O-. The molecule has 0 aliphatic rings. The lowest BCUT2D eigenvalue weighted by atomic mass is 10.1. The number of anilines is 1. The quantitative estimate of drug-likeness (QED) is 0.170. The number of pyridine rings is 1. The number of hydrogen-bond acceptors (Lipinski definition) is 4. The van der Waals surface area contributed by atoms with Crippen LogP contribution in [-0.4, -0.2) is 42.7 Å². The van der Waals surface area contributed by atoms with Crippen LogP contribution in [0.4, 0.5) is 5.69 Å². The Balaban J connectivity index is 0.00000107. The van der Waals surface area contributed by atoms with Crippen LogP contribution in [0.5, 0.6) is 5.75 Å². The Morgan fingerprint density at radius 2 is 1.81 bits per heavy atom. The van der Waals surface area contributed by atoms with Gasteiger partial charge < -0.3 is 26.0 Å². The molecule has 0 aliphatic carbocycles. The number of aromatic nitrogens is 1. The number of methoxy groups -OCH3 is 1. The van der Waals surface area contributed by atoms with E-state index in [0.717, 1.165) is 59.3 Å². The Morgan fingerprint density at radius 1 is 1.10 bits per heavy atom. The second-order valence-corrected chi connectivity index (χ2v) is 7.77. The fraction of sp³-hybridized carbons (Fsp3) is 0.435. The van der Waals surface area contributed by atoms with E-state index >= 15 is 0 Å². The van der Waals surface area contributed by atoms with Gasteiger partial charge in [-0.15, -0.1) is 0 Å². The highest BCUT2D eigenvalue weighted by Crippen LogP contribution is 2.34. The van der Waals surface area contributed by atoms with E-state index in [-0.39, 0.29) is 0 Å². The first kappa shape index (κ1) is 24.5. The minimum atomic E-state index is 0.353. The summed E-state index contributed by atoms with van der Waals surface area (Å²) in [5, 5.41) is 6.61. The molecule has 3 rings (SSSR count). The molecule has 0 aliphatic heterocycles. The van der Waals surface area contributed by atoms with Crippen LogP contribution < -0.4 is 10.1 Å². The lowest BCUT2D eigenvalue weighted by molar-refractivity contribution is 0.295. The number of nitrogens with zero attached hydrogens (tertiary/aromatic N) is 5. The van der Waals surface area contributed by atoms with Gasteiger partial charge in [0, 0.05) is 21.8 Å². The maximum absolute atomic E-state index is 6.75. The van der Waals surface area contributed by atoms with Crippen molar-refractivity contribution < 1.29 is 4.74 Å². The van der Waals surface area contributed by atoms with Gasteiger partial charge in [0.1, 0.15) is 5.75 Å². The number of ether oxygens (including phenoxy) is 1. The van der Waals surface area contributed by atoms with Crippen molar-refractivity contribution >= 4 is 39.1 Å². The molecule has 7 nitrogen and oxygen atoms in total. The molecule has 2 aromatic carbocycles. The highest BCUT2D eigenvalue weighted by molar-refractivity contribution is 6.31. The molecule has 1 aromatic heterocycles. The maximum Gasteiger partial charge on any atom is 0.119 e. The van der Waals surface area contributed by atoms with Crippen molar-refractivity contribution in [3.05, 3.63) is 57.4 Å². The normalized spacial score (nSPS) is 11.7. The Bertz CT molecular complexity index is 1030. The molecule has 1 atom stereocenters. The second-order valence-electron chi connectivity index (χ2n) is 7.34. The highest BCUT2D eigenvalue weighted by Gasteiger charge is 2.13. The summed E-state index contributed by atoms with van der Waals surface area (Å²) in [5.41, 5.74) is 16.4. The molecule has 166 valence electrons. The number of halogens is 1. The van der Waals surface area contributed by atoms with Gasteiger partial charge in [0.05, 0.1) is 23.8 Å². The predicted octanol–water partition coefficient (Wildman–Crippen LogP) is 6.84. The third-order valence-electron chi connectivity index (χ3n) is 5.34. The zero-order valence-corrected chi connectivity index (χ0v) is 19.4. The molecule has 0 radical (unpaired) electrons. The van der Waals surface area contributed by atoms with Crippen molar-refractivity contribution in [3.63, 3.8) is 0 Å². The van der Waals surface area contributed by atoms with Crippen molar-refractivity contribution in [2.45, 2.75) is 39.7 Å². The van der Waals surface area contributed by atoms with E-state index in [4.69, 9.17) is 32.4 Å². The van der Waals surface area contributed by atoms with Gasteiger partial charge in [-0.1, -0.05) is 25.4 Å². The molecular weight excluding hydrogens is 412 g/mol. The van der Waals surface area contributed by atoms with Crippen LogP contribution in [0.25, 0.3) is 37.8 Å².